The molecule has 0 spiro atoms. The van der Waals surface area contributed by atoms with Gasteiger partial charge in [-0.3, -0.25) is 9.69 Å². The van der Waals surface area contributed by atoms with Gasteiger partial charge >= 0.3 is 0 Å². The normalized spacial score (nSPS) is 25.1. The van der Waals surface area contributed by atoms with Gasteiger partial charge < -0.3 is 10.6 Å². The van der Waals surface area contributed by atoms with Crippen LogP contribution in [0.4, 0.5) is 11.5 Å². The van der Waals surface area contributed by atoms with E-state index < -0.39 is 0 Å². The van der Waals surface area contributed by atoms with E-state index in [1.165, 1.54) is 0 Å². The van der Waals surface area contributed by atoms with Crippen molar-refractivity contribution < 1.29 is 4.79 Å². The summed E-state index contributed by atoms with van der Waals surface area (Å²) >= 11 is 0. The zero-order valence-electron chi connectivity index (χ0n) is 9.67. The summed E-state index contributed by atoms with van der Waals surface area (Å²) in [6, 6.07) is 3.69. The lowest BCUT2D eigenvalue weighted by Gasteiger charge is -2.36. The first kappa shape index (κ1) is 10.5. The Labute approximate surface area is 100 Å². The molecule has 1 unspecified atom stereocenters. The van der Waals surface area contributed by atoms with Crippen molar-refractivity contribution in [3.8, 4) is 0 Å². The number of rotatable bonds is 1. The van der Waals surface area contributed by atoms with E-state index in [9.17, 15) is 4.79 Å². The molecule has 0 radical (unpaired) electrons. The van der Waals surface area contributed by atoms with Crippen LogP contribution in [0.1, 0.15) is 12.8 Å². The second-order valence-corrected chi connectivity index (χ2v) is 4.63. The Morgan fingerprint density at radius 2 is 2.18 bits per heavy atom. The highest BCUT2D eigenvalue weighted by molar-refractivity contribution is 5.98. The van der Waals surface area contributed by atoms with Gasteiger partial charge in [0.05, 0.1) is 17.9 Å². The maximum Gasteiger partial charge on any atom is 0.244 e. The summed E-state index contributed by atoms with van der Waals surface area (Å²) in [4.78, 5) is 20.5. The van der Waals surface area contributed by atoms with Crippen molar-refractivity contribution in [1.29, 1.82) is 0 Å². The molecule has 5 nitrogen and oxygen atoms in total. The molecule has 1 amide bonds. The van der Waals surface area contributed by atoms with Gasteiger partial charge in [-0.05, 0) is 31.5 Å². The van der Waals surface area contributed by atoms with Gasteiger partial charge in [-0.25, -0.2) is 4.98 Å². The van der Waals surface area contributed by atoms with Gasteiger partial charge in [0.2, 0.25) is 5.91 Å². The third-order valence-corrected chi connectivity index (χ3v) is 3.61. The largest absolute Gasteiger partial charge is 0.384 e. The molecule has 2 fully saturated rings. The van der Waals surface area contributed by atoms with Gasteiger partial charge in [0.15, 0.2) is 0 Å². The van der Waals surface area contributed by atoms with Crippen molar-refractivity contribution in [2.24, 2.45) is 0 Å². The minimum atomic E-state index is 0.0845. The van der Waals surface area contributed by atoms with Crippen LogP contribution in [0.15, 0.2) is 18.3 Å². The number of amides is 1. The molecule has 2 aliphatic heterocycles. The molecule has 3 heterocycles. The number of hydrogen-bond acceptors (Lipinski definition) is 4. The lowest BCUT2D eigenvalue weighted by Crippen LogP contribution is -2.54. The van der Waals surface area contributed by atoms with Crippen molar-refractivity contribution in [2.45, 2.75) is 18.9 Å². The van der Waals surface area contributed by atoms with E-state index in [-0.39, 0.29) is 11.9 Å². The first-order valence-electron chi connectivity index (χ1n) is 6.02. The van der Waals surface area contributed by atoms with Crippen molar-refractivity contribution in [3.63, 3.8) is 0 Å². The minimum Gasteiger partial charge on any atom is -0.384 e. The number of hydrogen-bond donors (Lipinski definition) is 1. The number of aromatic nitrogens is 1. The SMILES string of the molecule is Nc1ccc(N2CCN3CCCC3C2=O)cn1. The lowest BCUT2D eigenvalue weighted by atomic mass is 10.1. The molecule has 1 aromatic heterocycles. The molecule has 1 atom stereocenters. The second-order valence-electron chi connectivity index (χ2n) is 4.63. The quantitative estimate of drug-likeness (QED) is 0.764. The van der Waals surface area contributed by atoms with Gasteiger partial charge in [-0.15, -0.1) is 0 Å². The Hall–Kier alpha value is -1.62. The number of fused-ring (bicyclic) bond motifs is 1. The molecule has 90 valence electrons. The van der Waals surface area contributed by atoms with E-state index in [1.807, 2.05) is 11.0 Å². The number of piperazine rings is 1. The fourth-order valence-electron chi connectivity index (χ4n) is 2.71. The van der Waals surface area contributed by atoms with Gasteiger partial charge in [0.25, 0.3) is 0 Å². The van der Waals surface area contributed by atoms with Gasteiger partial charge in [-0.1, -0.05) is 0 Å². The zero-order chi connectivity index (χ0) is 11.8. The zero-order valence-corrected chi connectivity index (χ0v) is 9.67. The Bertz CT molecular complexity index is 431. The highest BCUT2D eigenvalue weighted by Crippen LogP contribution is 2.26. The molecule has 5 heteroatoms. The Kier molecular flexibility index (Phi) is 2.48. The smallest absolute Gasteiger partial charge is 0.244 e. The van der Waals surface area contributed by atoms with E-state index in [0.717, 1.165) is 38.2 Å². The molecule has 0 saturated carbocycles. The van der Waals surface area contributed by atoms with Gasteiger partial charge in [0.1, 0.15) is 5.82 Å². The van der Waals surface area contributed by atoms with Gasteiger partial charge in [-0.2, -0.15) is 0 Å². The van der Waals surface area contributed by atoms with E-state index in [0.29, 0.717) is 5.82 Å². The third kappa shape index (κ3) is 1.76. The Balaban J connectivity index is 1.84. The predicted molar refractivity (Wildman–Crippen MR) is 65.6 cm³/mol. The minimum absolute atomic E-state index is 0.0845. The number of nitrogens with zero attached hydrogens (tertiary/aromatic N) is 3. The molecule has 17 heavy (non-hydrogen) atoms. The number of nitrogen functional groups attached to an aromatic ring is 1. The van der Waals surface area contributed by atoms with Gasteiger partial charge in [0, 0.05) is 13.1 Å². The predicted octanol–water partition coefficient (Wildman–Crippen LogP) is 0.475. The van der Waals surface area contributed by atoms with Crippen LogP contribution in [0.5, 0.6) is 0 Å². The van der Waals surface area contributed by atoms with Crippen LogP contribution in [0.25, 0.3) is 0 Å². The fraction of sp³-hybridized carbons (Fsp3) is 0.500. The van der Waals surface area contributed by atoms with Crippen molar-refractivity contribution in [2.75, 3.05) is 30.3 Å². The average Bonchev–Trinajstić information content (AvgIpc) is 2.80. The number of anilines is 2. The van der Waals surface area contributed by atoms with Crippen LogP contribution < -0.4 is 10.6 Å². The number of pyridine rings is 1. The van der Waals surface area contributed by atoms with Crippen LogP contribution in [-0.2, 0) is 4.79 Å². The molecule has 2 aliphatic rings. The monoisotopic (exact) mass is 232 g/mol. The summed E-state index contributed by atoms with van der Waals surface area (Å²) in [5, 5.41) is 0. The highest BCUT2D eigenvalue weighted by Gasteiger charge is 2.38. The summed E-state index contributed by atoms with van der Waals surface area (Å²) < 4.78 is 0. The van der Waals surface area contributed by atoms with E-state index in [2.05, 4.69) is 9.88 Å². The number of carbonyl (C=O) groups excluding carboxylic acids is 1. The third-order valence-electron chi connectivity index (χ3n) is 3.61. The van der Waals surface area contributed by atoms with E-state index in [4.69, 9.17) is 5.73 Å². The summed E-state index contributed by atoms with van der Waals surface area (Å²) in [5.74, 6) is 0.695. The molecular formula is C12H16N4O. The van der Waals surface area contributed by atoms with E-state index >= 15 is 0 Å². The molecule has 1 aromatic rings. The van der Waals surface area contributed by atoms with Crippen LogP contribution in [0, 0.1) is 0 Å². The Morgan fingerprint density at radius 3 is 2.94 bits per heavy atom. The van der Waals surface area contributed by atoms with Crippen LogP contribution >= 0.6 is 0 Å². The van der Waals surface area contributed by atoms with Crippen molar-refractivity contribution in [3.05, 3.63) is 18.3 Å². The Morgan fingerprint density at radius 1 is 1.29 bits per heavy atom. The molecule has 3 rings (SSSR count). The summed E-state index contributed by atoms with van der Waals surface area (Å²) in [5.41, 5.74) is 6.41. The maximum absolute atomic E-state index is 12.3. The molecule has 2 saturated heterocycles. The molecular weight excluding hydrogens is 216 g/mol. The average molecular weight is 232 g/mol. The topological polar surface area (TPSA) is 62.5 Å². The maximum atomic E-state index is 12.3. The lowest BCUT2D eigenvalue weighted by molar-refractivity contribution is -0.124. The first-order chi connectivity index (χ1) is 8.25. The summed E-state index contributed by atoms with van der Waals surface area (Å²) in [6.07, 6.45) is 3.79. The highest BCUT2D eigenvalue weighted by atomic mass is 16.2. The second kappa shape index (κ2) is 4.00. The summed E-state index contributed by atoms with van der Waals surface area (Å²) in [6.45, 7) is 2.77. The first-order valence-corrected chi connectivity index (χ1v) is 6.02. The number of nitrogens with two attached hydrogens (primary N) is 1. The van der Waals surface area contributed by atoms with Crippen LogP contribution in [-0.4, -0.2) is 41.5 Å². The van der Waals surface area contributed by atoms with E-state index in [1.54, 1.807) is 12.3 Å². The van der Waals surface area contributed by atoms with Crippen LogP contribution in [0.3, 0.4) is 0 Å². The number of carbonyl (C=O) groups is 1. The standard InChI is InChI=1S/C12H16N4O/c13-11-4-3-9(8-14-11)16-7-6-15-5-1-2-10(15)12(16)17/h3-4,8,10H,1-2,5-7H2,(H2,13,14). The molecule has 2 N–H and O–H groups in total. The molecule has 0 bridgehead atoms. The molecule has 0 aliphatic carbocycles. The molecule has 0 aromatic carbocycles. The van der Waals surface area contributed by atoms with Crippen LogP contribution in [0.2, 0.25) is 0 Å². The summed E-state index contributed by atoms with van der Waals surface area (Å²) in [7, 11) is 0. The van der Waals surface area contributed by atoms with Crippen molar-refractivity contribution >= 4 is 17.4 Å². The fourth-order valence-corrected chi connectivity index (χ4v) is 2.71. The van der Waals surface area contributed by atoms with Crippen molar-refractivity contribution in [1.82, 2.24) is 9.88 Å².